The molecular formula is C18H15N3. The Morgan fingerprint density at radius 3 is 2.86 bits per heavy atom. The molecule has 0 aliphatic carbocycles. The molecule has 0 aliphatic rings. The van der Waals surface area contributed by atoms with Crippen LogP contribution in [-0.2, 0) is 0 Å². The average molecular weight is 273 g/mol. The average Bonchev–Trinajstić information content (AvgIpc) is 2.54. The van der Waals surface area contributed by atoms with E-state index in [1.807, 2.05) is 42.5 Å². The van der Waals surface area contributed by atoms with Gasteiger partial charge in [0.05, 0.1) is 17.1 Å². The second kappa shape index (κ2) is 5.64. The third-order valence-corrected chi connectivity index (χ3v) is 3.50. The number of fused-ring (bicyclic) bond motifs is 1. The van der Waals surface area contributed by atoms with E-state index in [4.69, 9.17) is 5.26 Å². The summed E-state index contributed by atoms with van der Waals surface area (Å²) in [5.41, 5.74) is 3.82. The molecule has 0 saturated carbocycles. The zero-order valence-corrected chi connectivity index (χ0v) is 11.7. The van der Waals surface area contributed by atoms with Gasteiger partial charge in [-0.05, 0) is 48.9 Å². The molecule has 1 atom stereocenters. The summed E-state index contributed by atoms with van der Waals surface area (Å²) in [6.07, 6.45) is 1.80. The van der Waals surface area contributed by atoms with Crippen molar-refractivity contribution >= 4 is 16.6 Å². The Balaban J connectivity index is 1.85. The van der Waals surface area contributed by atoms with Gasteiger partial charge >= 0.3 is 0 Å². The first-order chi connectivity index (χ1) is 10.3. The lowest BCUT2D eigenvalue weighted by Crippen LogP contribution is -2.06. The van der Waals surface area contributed by atoms with Crippen LogP contribution in [0.3, 0.4) is 0 Å². The molecule has 3 rings (SSSR count). The van der Waals surface area contributed by atoms with Gasteiger partial charge < -0.3 is 5.32 Å². The Kier molecular flexibility index (Phi) is 3.53. The molecule has 0 radical (unpaired) electrons. The largest absolute Gasteiger partial charge is 0.379 e. The van der Waals surface area contributed by atoms with Crippen molar-refractivity contribution in [1.29, 1.82) is 5.26 Å². The summed E-state index contributed by atoms with van der Waals surface area (Å²) < 4.78 is 0. The topological polar surface area (TPSA) is 48.7 Å². The minimum atomic E-state index is 0.132. The smallest absolute Gasteiger partial charge is 0.0991 e. The van der Waals surface area contributed by atoms with Gasteiger partial charge in [0.15, 0.2) is 0 Å². The van der Waals surface area contributed by atoms with E-state index in [0.717, 1.165) is 22.2 Å². The summed E-state index contributed by atoms with van der Waals surface area (Å²) in [5.74, 6) is 0. The fourth-order valence-electron chi connectivity index (χ4n) is 2.38. The number of anilines is 1. The van der Waals surface area contributed by atoms with Gasteiger partial charge in [0.1, 0.15) is 0 Å². The first kappa shape index (κ1) is 13.1. The highest BCUT2D eigenvalue weighted by atomic mass is 14.9. The summed E-state index contributed by atoms with van der Waals surface area (Å²) in [5, 5.41) is 13.6. The van der Waals surface area contributed by atoms with Crippen molar-refractivity contribution in [3.8, 4) is 6.07 Å². The summed E-state index contributed by atoms with van der Waals surface area (Å²) in [6.45, 7) is 2.09. The van der Waals surface area contributed by atoms with E-state index >= 15 is 0 Å². The third-order valence-electron chi connectivity index (χ3n) is 3.50. The monoisotopic (exact) mass is 273 g/mol. The van der Waals surface area contributed by atoms with Crippen LogP contribution in [0.25, 0.3) is 10.9 Å². The predicted octanol–water partition coefficient (Wildman–Crippen LogP) is 4.28. The highest BCUT2D eigenvalue weighted by Gasteiger charge is 2.06. The molecule has 1 unspecified atom stereocenters. The van der Waals surface area contributed by atoms with E-state index in [-0.39, 0.29) is 6.04 Å². The van der Waals surface area contributed by atoms with E-state index in [0.29, 0.717) is 5.56 Å². The van der Waals surface area contributed by atoms with Gasteiger partial charge in [-0.25, -0.2) is 0 Å². The highest BCUT2D eigenvalue weighted by molar-refractivity contribution is 5.82. The molecule has 0 fully saturated rings. The number of hydrogen-bond acceptors (Lipinski definition) is 3. The van der Waals surface area contributed by atoms with Crippen molar-refractivity contribution in [2.45, 2.75) is 13.0 Å². The molecule has 1 N–H and O–H groups in total. The number of nitrogens with zero attached hydrogens (tertiary/aromatic N) is 2. The van der Waals surface area contributed by atoms with Crippen molar-refractivity contribution in [3.05, 3.63) is 71.9 Å². The van der Waals surface area contributed by atoms with E-state index in [1.165, 1.54) is 0 Å². The number of hydrogen-bond donors (Lipinski definition) is 1. The maximum atomic E-state index is 8.97. The van der Waals surface area contributed by atoms with Crippen LogP contribution in [0.5, 0.6) is 0 Å². The third kappa shape index (κ3) is 2.85. The van der Waals surface area contributed by atoms with Crippen LogP contribution in [-0.4, -0.2) is 4.98 Å². The minimum absolute atomic E-state index is 0.132. The normalized spacial score (nSPS) is 11.8. The van der Waals surface area contributed by atoms with Crippen molar-refractivity contribution in [1.82, 2.24) is 4.98 Å². The number of benzene rings is 2. The van der Waals surface area contributed by atoms with Gasteiger partial charge in [0, 0.05) is 23.3 Å². The number of pyridine rings is 1. The number of nitrogens with one attached hydrogen (secondary N) is 1. The van der Waals surface area contributed by atoms with Crippen molar-refractivity contribution in [2.24, 2.45) is 0 Å². The molecule has 1 aromatic heterocycles. The van der Waals surface area contributed by atoms with Crippen molar-refractivity contribution in [2.75, 3.05) is 5.32 Å². The molecule has 21 heavy (non-hydrogen) atoms. The van der Waals surface area contributed by atoms with Gasteiger partial charge in [-0.15, -0.1) is 0 Å². The van der Waals surface area contributed by atoms with E-state index in [2.05, 4.69) is 35.4 Å². The fraction of sp³-hybridized carbons (Fsp3) is 0.111. The van der Waals surface area contributed by atoms with E-state index < -0.39 is 0 Å². The van der Waals surface area contributed by atoms with Crippen LogP contribution in [0, 0.1) is 11.3 Å². The molecular weight excluding hydrogens is 258 g/mol. The summed E-state index contributed by atoms with van der Waals surface area (Å²) in [4.78, 5) is 4.32. The standard InChI is InChI=1S/C18H15N3/c1-13(15-5-2-4-14(10-15)12-19)21-17-7-8-18-16(11-17)6-3-9-20-18/h2-11,13,21H,1H3. The highest BCUT2D eigenvalue weighted by Crippen LogP contribution is 2.23. The predicted molar refractivity (Wildman–Crippen MR) is 84.9 cm³/mol. The van der Waals surface area contributed by atoms with Gasteiger partial charge in [-0.1, -0.05) is 18.2 Å². The maximum absolute atomic E-state index is 8.97. The first-order valence-corrected chi connectivity index (χ1v) is 6.87. The molecule has 3 aromatic rings. The number of nitriles is 1. The minimum Gasteiger partial charge on any atom is -0.379 e. The summed E-state index contributed by atoms with van der Waals surface area (Å²) >= 11 is 0. The second-order valence-corrected chi connectivity index (χ2v) is 5.01. The first-order valence-electron chi connectivity index (χ1n) is 6.87. The van der Waals surface area contributed by atoms with Gasteiger partial charge in [-0.3, -0.25) is 4.98 Å². The zero-order valence-electron chi connectivity index (χ0n) is 11.7. The van der Waals surface area contributed by atoms with Crippen LogP contribution >= 0.6 is 0 Å². The van der Waals surface area contributed by atoms with Crippen molar-refractivity contribution in [3.63, 3.8) is 0 Å². The molecule has 0 saturated heterocycles. The van der Waals surface area contributed by atoms with Crippen molar-refractivity contribution < 1.29 is 0 Å². The van der Waals surface area contributed by atoms with E-state index in [1.54, 1.807) is 6.20 Å². The Hall–Kier alpha value is -2.86. The molecule has 1 heterocycles. The zero-order chi connectivity index (χ0) is 14.7. The molecule has 0 aliphatic heterocycles. The second-order valence-electron chi connectivity index (χ2n) is 5.01. The Labute approximate surface area is 123 Å². The lowest BCUT2D eigenvalue weighted by molar-refractivity contribution is 0.884. The maximum Gasteiger partial charge on any atom is 0.0991 e. The SMILES string of the molecule is CC(Nc1ccc2ncccc2c1)c1cccc(C#N)c1. The van der Waals surface area contributed by atoms with Gasteiger partial charge in [0.25, 0.3) is 0 Å². The van der Waals surface area contributed by atoms with Crippen LogP contribution in [0.4, 0.5) is 5.69 Å². The number of aromatic nitrogens is 1. The van der Waals surface area contributed by atoms with Crippen LogP contribution in [0.15, 0.2) is 60.8 Å². The molecule has 0 amide bonds. The molecule has 0 spiro atoms. The summed E-state index contributed by atoms with van der Waals surface area (Å²) in [6, 6.07) is 20.1. The Morgan fingerprint density at radius 2 is 2.00 bits per heavy atom. The Bertz CT molecular complexity index is 818. The van der Waals surface area contributed by atoms with Gasteiger partial charge in [0.2, 0.25) is 0 Å². The molecule has 2 aromatic carbocycles. The van der Waals surface area contributed by atoms with Crippen LogP contribution in [0.2, 0.25) is 0 Å². The number of rotatable bonds is 3. The molecule has 3 heteroatoms. The Morgan fingerprint density at radius 1 is 1.10 bits per heavy atom. The lowest BCUT2D eigenvalue weighted by Gasteiger charge is -2.16. The van der Waals surface area contributed by atoms with Crippen LogP contribution in [0.1, 0.15) is 24.1 Å². The van der Waals surface area contributed by atoms with E-state index in [9.17, 15) is 0 Å². The molecule has 3 nitrogen and oxygen atoms in total. The van der Waals surface area contributed by atoms with Crippen LogP contribution < -0.4 is 5.32 Å². The lowest BCUT2D eigenvalue weighted by atomic mass is 10.1. The summed E-state index contributed by atoms with van der Waals surface area (Å²) in [7, 11) is 0. The molecule has 102 valence electrons. The quantitative estimate of drug-likeness (QED) is 0.774. The molecule has 0 bridgehead atoms. The van der Waals surface area contributed by atoms with Gasteiger partial charge in [-0.2, -0.15) is 5.26 Å². The fourth-order valence-corrected chi connectivity index (χ4v) is 2.38.